The molecule has 0 amide bonds. The van der Waals surface area contributed by atoms with E-state index in [0.717, 1.165) is 35.5 Å². The summed E-state index contributed by atoms with van der Waals surface area (Å²) in [5.41, 5.74) is 2.32. The number of nitrogens with zero attached hydrogens (tertiary/aromatic N) is 3. The molecule has 0 bridgehead atoms. The lowest BCUT2D eigenvalue weighted by atomic mass is 9.81. The molecule has 30 heavy (non-hydrogen) atoms. The van der Waals surface area contributed by atoms with Crippen LogP contribution >= 0.6 is 11.6 Å². The van der Waals surface area contributed by atoms with Crippen molar-refractivity contribution in [1.29, 1.82) is 5.26 Å². The van der Waals surface area contributed by atoms with Crippen LogP contribution < -0.4 is 10.6 Å². The molecule has 3 heterocycles. The largest absolute Gasteiger partial charge is 0.382 e. The van der Waals surface area contributed by atoms with E-state index in [1.165, 1.54) is 32.1 Å². The predicted molar refractivity (Wildman–Crippen MR) is 120 cm³/mol. The Hall–Kier alpha value is -2.36. The molecule has 1 aliphatic carbocycles. The number of anilines is 2. The van der Waals surface area contributed by atoms with E-state index in [1.54, 1.807) is 12.4 Å². The maximum Gasteiger partial charge on any atom is 0.126 e. The first kappa shape index (κ1) is 20.9. The van der Waals surface area contributed by atoms with Gasteiger partial charge in [-0.25, -0.2) is 4.98 Å². The van der Waals surface area contributed by atoms with E-state index in [1.807, 2.05) is 18.3 Å². The second-order valence-corrected chi connectivity index (χ2v) is 8.76. The standard InChI is InChI=1S/C23H28ClN5O/c24-21-14-27-22(29-18-4-2-1-3-5-18)11-20(21)17-10-19(13-26-12-17)28-16-23(15-25)6-8-30-9-7-23/h10-14,18,28H,1-9,16H2,(H,27,29). The highest BCUT2D eigenvalue weighted by Gasteiger charge is 2.32. The summed E-state index contributed by atoms with van der Waals surface area (Å²) < 4.78 is 5.42. The molecule has 2 aromatic heterocycles. The molecule has 0 atom stereocenters. The van der Waals surface area contributed by atoms with Gasteiger partial charge in [-0.2, -0.15) is 5.26 Å². The quantitative estimate of drug-likeness (QED) is 0.655. The molecule has 0 unspecified atom stereocenters. The Morgan fingerprint density at radius 2 is 1.93 bits per heavy atom. The predicted octanol–water partition coefficient (Wildman–Crippen LogP) is 5.27. The highest BCUT2D eigenvalue weighted by atomic mass is 35.5. The zero-order valence-electron chi connectivity index (χ0n) is 17.2. The molecular formula is C23H28ClN5O. The van der Waals surface area contributed by atoms with Crippen molar-refractivity contribution in [2.45, 2.75) is 51.0 Å². The normalized spacial score (nSPS) is 19.1. The molecule has 1 saturated heterocycles. The average molecular weight is 426 g/mol. The minimum Gasteiger partial charge on any atom is -0.382 e. The SMILES string of the molecule is N#CC1(CNc2cncc(-c3cc(NC4CCCCC4)ncc3Cl)c2)CCOCC1. The molecule has 2 N–H and O–H groups in total. The van der Waals surface area contributed by atoms with Gasteiger partial charge in [-0.05, 0) is 37.8 Å². The Morgan fingerprint density at radius 1 is 1.13 bits per heavy atom. The maximum absolute atomic E-state index is 9.66. The van der Waals surface area contributed by atoms with Crippen molar-refractivity contribution in [3.63, 3.8) is 0 Å². The van der Waals surface area contributed by atoms with Crippen molar-refractivity contribution < 1.29 is 4.74 Å². The highest BCUT2D eigenvalue weighted by molar-refractivity contribution is 6.33. The van der Waals surface area contributed by atoms with Gasteiger partial charge in [-0.3, -0.25) is 4.98 Å². The van der Waals surface area contributed by atoms with Crippen LogP contribution in [0.4, 0.5) is 11.5 Å². The van der Waals surface area contributed by atoms with E-state index in [2.05, 4.69) is 26.7 Å². The van der Waals surface area contributed by atoms with Crippen LogP contribution in [0.3, 0.4) is 0 Å². The molecule has 0 spiro atoms. The zero-order valence-corrected chi connectivity index (χ0v) is 17.9. The van der Waals surface area contributed by atoms with E-state index in [9.17, 15) is 5.26 Å². The van der Waals surface area contributed by atoms with Gasteiger partial charge in [0.25, 0.3) is 0 Å². The molecule has 2 aromatic rings. The Balaban J connectivity index is 1.49. The fraction of sp³-hybridized carbons (Fsp3) is 0.522. The van der Waals surface area contributed by atoms with Crippen LogP contribution in [0.25, 0.3) is 11.1 Å². The van der Waals surface area contributed by atoms with Crippen LogP contribution in [-0.2, 0) is 4.74 Å². The van der Waals surface area contributed by atoms with Crippen molar-refractivity contribution in [2.75, 3.05) is 30.4 Å². The molecule has 2 aliphatic rings. The second-order valence-electron chi connectivity index (χ2n) is 8.35. The number of halogens is 1. The van der Waals surface area contributed by atoms with Crippen LogP contribution in [0.2, 0.25) is 5.02 Å². The van der Waals surface area contributed by atoms with Gasteiger partial charge in [-0.15, -0.1) is 0 Å². The molecule has 158 valence electrons. The third-order valence-electron chi connectivity index (χ3n) is 6.18. The number of hydrogen-bond acceptors (Lipinski definition) is 6. The lowest BCUT2D eigenvalue weighted by Gasteiger charge is -2.31. The van der Waals surface area contributed by atoms with Crippen molar-refractivity contribution >= 4 is 23.1 Å². The summed E-state index contributed by atoms with van der Waals surface area (Å²) in [4.78, 5) is 8.86. The smallest absolute Gasteiger partial charge is 0.126 e. The first-order chi connectivity index (χ1) is 14.7. The van der Waals surface area contributed by atoms with Crippen LogP contribution in [-0.4, -0.2) is 35.8 Å². The van der Waals surface area contributed by atoms with Crippen molar-refractivity contribution in [1.82, 2.24) is 9.97 Å². The van der Waals surface area contributed by atoms with Crippen LogP contribution in [0.1, 0.15) is 44.9 Å². The van der Waals surface area contributed by atoms with Gasteiger partial charge < -0.3 is 15.4 Å². The number of nitriles is 1. The van der Waals surface area contributed by atoms with E-state index >= 15 is 0 Å². The Labute approximate surface area is 183 Å². The van der Waals surface area contributed by atoms with Crippen LogP contribution in [0.15, 0.2) is 30.7 Å². The maximum atomic E-state index is 9.66. The van der Waals surface area contributed by atoms with Gasteiger partial charge in [0.2, 0.25) is 0 Å². The number of aromatic nitrogens is 2. The van der Waals surface area contributed by atoms with Crippen LogP contribution in [0, 0.1) is 16.7 Å². The zero-order chi connectivity index (χ0) is 20.8. The number of pyridine rings is 2. The Kier molecular flexibility index (Phi) is 6.71. The summed E-state index contributed by atoms with van der Waals surface area (Å²) in [6, 6.07) is 7.01. The van der Waals surface area contributed by atoms with E-state index in [-0.39, 0.29) is 5.41 Å². The summed E-state index contributed by atoms with van der Waals surface area (Å²) in [6.45, 7) is 1.85. The Morgan fingerprint density at radius 3 is 2.70 bits per heavy atom. The molecular weight excluding hydrogens is 398 g/mol. The Bertz CT molecular complexity index is 901. The summed E-state index contributed by atoms with van der Waals surface area (Å²) >= 11 is 6.47. The van der Waals surface area contributed by atoms with Gasteiger partial charge in [0, 0.05) is 55.5 Å². The minimum absolute atomic E-state index is 0.389. The van der Waals surface area contributed by atoms with E-state index < -0.39 is 0 Å². The van der Waals surface area contributed by atoms with E-state index in [4.69, 9.17) is 16.3 Å². The first-order valence-electron chi connectivity index (χ1n) is 10.8. The second kappa shape index (κ2) is 9.63. The number of nitrogens with one attached hydrogen (secondary N) is 2. The third kappa shape index (κ3) is 5.03. The topological polar surface area (TPSA) is 82.9 Å². The van der Waals surface area contributed by atoms with Crippen molar-refractivity contribution in [2.24, 2.45) is 5.41 Å². The van der Waals surface area contributed by atoms with Gasteiger partial charge in [0.05, 0.1) is 22.2 Å². The highest BCUT2D eigenvalue weighted by Crippen LogP contribution is 2.33. The first-order valence-corrected chi connectivity index (χ1v) is 11.2. The molecule has 2 fully saturated rings. The van der Waals surface area contributed by atoms with Crippen molar-refractivity contribution in [3.8, 4) is 17.2 Å². The summed E-state index contributed by atoms with van der Waals surface area (Å²) in [6.07, 6.45) is 13.0. The van der Waals surface area contributed by atoms with E-state index in [0.29, 0.717) is 30.8 Å². The summed E-state index contributed by atoms with van der Waals surface area (Å²) in [7, 11) is 0. The lowest BCUT2D eigenvalue weighted by molar-refractivity contribution is 0.0456. The summed E-state index contributed by atoms with van der Waals surface area (Å²) in [5, 5.41) is 17.2. The van der Waals surface area contributed by atoms with Gasteiger partial charge in [-0.1, -0.05) is 30.9 Å². The number of hydrogen-bond donors (Lipinski definition) is 2. The monoisotopic (exact) mass is 425 g/mol. The van der Waals surface area contributed by atoms with Gasteiger partial charge >= 0.3 is 0 Å². The van der Waals surface area contributed by atoms with Crippen molar-refractivity contribution in [3.05, 3.63) is 35.7 Å². The molecule has 1 aliphatic heterocycles. The molecule has 7 heteroatoms. The average Bonchev–Trinajstić information content (AvgIpc) is 2.80. The van der Waals surface area contributed by atoms with Gasteiger partial charge in [0.15, 0.2) is 0 Å². The minimum atomic E-state index is -0.389. The fourth-order valence-corrected chi connectivity index (χ4v) is 4.45. The molecule has 0 radical (unpaired) electrons. The van der Waals surface area contributed by atoms with Crippen LogP contribution in [0.5, 0.6) is 0 Å². The lowest BCUT2D eigenvalue weighted by Crippen LogP contribution is -2.34. The molecule has 6 nitrogen and oxygen atoms in total. The number of rotatable bonds is 6. The van der Waals surface area contributed by atoms with Gasteiger partial charge in [0.1, 0.15) is 5.82 Å². The fourth-order valence-electron chi connectivity index (χ4n) is 4.24. The molecule has 0 aromatic carbocycles. The molecule has 4 rings (SSSR count). The number of ether oxygens (including phenoxy) is 1. The third-order valence-corrected chi connectivity index (χ3v) is 6.48. The molecule has 1 saturated carbocycles. The summed E-state index contributed by atoms with van der Waals surface area (Å²) in [5.74, 6) is 0.852.